The molecule has 0 saturated heterocycles. The van der Waals surface area contributed by atoms with E-state index in [1.807, 2.05) is 16.5 Å². The third-order valence-corrected chi connectivity index (χ3v) is 2.62. The van der Waals surface area contributed by atoms with Gasteiger partial charge in [0, 0.05) is 6.20 Å². The fourth-order valence-corrected chi connectivity index (χ4v) is 1.72. The number of carbonyl (C=O) groups is 1. The molecule has 15 heavy (non-hydrogen) atoms. The maximum absolute atomic E-state index is 11.4. The van der Waals surface area contributed by atoms with Gasteiger partial charge in [-0.2, -0.15) is 0 Å². The van der Waals surface area contributed by atoms with Crippen molar-refractivity contribution in [2.24, 2.45) is 0 Å². The Morgan fingerprint density at radius 1 is 1.60 bits per heavy atom. The van der Waals surface area contributed by atoms with Gasteiger partial charge in [-0.05, 0) is 35.0 Å². The molecule has 0 radical (unpaired) electrons. The van der Waals surface area contributed by atoms with Crippen molar-refractivity contribution < 1.29 is 9.53 Å². The van der Waals surface area contributed by atoms with Gasteiger partial charge in [0.1, 0.15) is 0 Å². The van der Waals surface area contributed by atoms with E-state index in [1.165, 1.54) is 0 Å². The molecule has 0 atom stereocenters. The lowest BCUT2D eigenvalue weighted by atomic mass is 10.4. The van der Waals surface area contributed by atoms with Crippen molar-refractivity contribution in [2.45, 2.75) is 6.92 Å². The molecule has 0 aliphatic carbocycles. The molecule has 0 aromatic carbocycles. The summed E-state index contributed by atoms with van der Waals surface area (Å²) in [6.07, 6.45) is 3.29. The summed E-state index contributed by atoms with van der Waals surface area (Å²) in [5.41, 5.74) is 1.23. The minimum Gasteiger partial charge on any atom is -0.461 e. The van der Waals surface area contributed by atoms with E-state index in [-0.39, 0.29) is 0 Å². The molecule has 2 rings (SSSR count). The summed E-state index contributed by atoms with van der Waals surface area (Å²) in [6.45, 7) is 2.12. The summed E-state index contributed by atoms with van der Waals surface area (Å²) in [7, 11) is 0. The summed E-state index contributed by atoms with van der Waals surface area (Å²) < 4.78 is 7.58. The summed E-state index contributed by atoms with van der Waals surface area (Å²) in [6, 6.07) is 3.80. The molecule has 0 unspecified atom stereocenters. The van der Waals surface area contributed by atoms with Gasteiger partial charge in [-0.3, -0.25) is 0 Å². The number of rotatable bonds is 2. The second-order valence-electron chi connectivity index (χ2n) is 2.94. The van der Waals surface area contributed by atoms with Crippen LogP contribution in [0, 0.1) is 0 Å². The molecule has 0 aliphatic rings. The number of fused-ring (bicyclic) bond motifs is 1. The molecule has 0 amide bonds. The van der Waals surface area contributed by atoms with Crippen LogP contribution in [-0.4, -0.2) is 22.0 Å². The highest BCUT2D eigenvalue weighted by Gasteiger charge is 2.09. The Morgan fingerprint density at radius 2 is 2.40 bits per heavy atom. The SMILES string of the molecule is CCOC(=O)c1cn2c(Br)ccc2cn1. The van der Waals surface area contributed by atoms with Crippen LogP contribution < -0.4 is 0 Å². The van der Waals surface area contributed by atoms with Crippen molar-refractivity contribution >= 4 is 27.4 Å². The highest BCUT2D eigenvalue weighted by molar-refractivity contribution is 9.10. The smallest absolute Gasteiger partial charge is 0.358 e. The summed E-state index contributed by atoms with van der Waals surface area (Å²) >= 11 is 3.37. The lowest BCUT2D eigenvalue weighted by Crippen LogP contribution is -2.08. The molecule has 2 heterocycles. The van der Waals surface area contributed by atoms with E-state index in [2.05, 4.69) is 20.9 Å². The van der Waals surface area contributed by atoms with E-state index < -0.39 is 5.97 Å². The number of esters is 1. The van der Waals surface area contributed by atoms with Crippen molar-refractivity contribution in [1.29, 1.82) is 0 Å². The number of carbonyl (C=O) groups excluding carboxylic acids is 1. The maximum atomic E-state index is 11.4. The van der Waals surface area contributed by atoms with E-state index in [0.717, 1.165) is 10.1 Å². The van der Waals surface area contributed by atoms with Crippen molar-refractivity contribution in [3.63, 3.8) is 0 Å². The molecular weight excluding hydrogens is 260 g/mol. The van der Waals surface area contributed by atoms with E-state index >= 15 is 0 Å². The Labute approximate surface area is 95.0 Å². The second kappa shape index (κ2) is 4.02. The molecule has 0 bridgehead atoms. The fourth-order valence-electron chi connectivity index (χ4n) is 1.28. The summed E-state index contributed by atoms with van der Waals surface area (Å²) in [5.74, 6) is -0.403. The first kappa shape index (κ1) is 10.2. The molecule has 5 heteroatoms. The van der Waals surface area contributed by atoms with Crippen LogP contribution in [0.15, 0.2) is 29.1 Å². The zero-order valence-electron chi connectivity index (χ0n) is 8.11. The van der Waals surface area contributed by atoms with Crippen LogP contribution >= 0.6 is 15.9 Å². The second-order valence-corrected chi connectivity index (χ2v) is 3.76. The Bertz CT molecular complexity index is 507. The largest absolute Gasteiger partial charge is 0.461 e. The zero-order chi connectivity index (χ0) is 10.8. The molecule has 2 aromatic heterocycles. The minimum absolute atomic E-state index is 0.307. The summed E-state index contributed by atoms with van der Waals surface area (Å²) in [4.78, 5) is 15.4. The predicted octanol–water partition coefficient (Wildman–Crippen LogP) is 2.27. The average Bonchev–Trinajstić information content (AvgIpc) is 2.60. The van der Waals surface area contributed by atoms with Crippen LogP contribution in [-0.2, 0) is 4.74 Å². The first-order valence-electron chi connectivity index (χ1n) is 4.52. The van der Waals surface area contributed by atoms with E-state index in [9.17, 15) is 4.79 Å². The number of halogens is 1. The van der Waals surface area contributed by atoms with E-state index in [0.29, 0.717) is 12.3 Å². The average molecular weight is 269 g/mol. The number of nitrogens with zero attached hydrogens (tertiary/aromatic N) is 2. The Morgan fingerprint density at radius 3 is 3.13 bits per heavy atom. The number of ether oxygens (including phenoxy) is 1. The van der Waals surface area contributed by atoms with Crippen LogP contribution in [0.1, 0.15) is 17.4 Å². The van der Waals surface area contributed by atoms with E-state index in [4.69, 9.17) is 4.74 Å². The summed E-state index contributed by atoms with van der Waals surface area (Å²) in [5, 5.41) is 0. The lowest BCUT2D eigenvalue weighted by molar-refractivity contribution is 0.0519. The zero-order valence-corrected chi connectivity index (χ0v) is 9.69. The van der Waals surface area contributed by atoms with Gasteiger partial charge in [0.25, 0.3) is 0 Å². The molecule has 0 fully saturated rings. The highest BCUT2D eigenvalue weighted by atomic mass is 79.9. The van der Waals surface area contributed by atoms with Crippen LogP contribution in [0.4, 0.5) is 0 Å². The normalized spacial score (nSPS) is 10.5. The van der Waals surface area contributed by atoms with Gasteiger partial charge in [0.15, 0.2) is 5.69 Å². The van der Waals surface area contributed by atoms with Crippen molar-refractivity contribution in [2.75, 3.05) is 6.61 Å². The van der Waals surface area contributed by atoms with Crippen LogP contribution in [0.2, 0.25) is 0 Å². The van der Waals surface area contributed by atoms with Gasteiger partial charge >= 0.3 is 5.97 Å². The Hall–Kier alpha value is -1.36. The van der Waals surface area contributed by atoms with Gasteiger partial charge < -0.3 is 9.14 Å². The topological polar surface area (TPSA) is 43.6 Å². The van der Waals surface area contributed by atoms with Gasteiger partial charge in [-0.15, -0.1) is 0 Å². The number of hydrogen-bond donors (Lipinski definition) is 0. The fraction of sp³-hybridized carbons (Fsp3) is 0.200. The first-order chi connectivity index (χ1) is 7.22. The van der Waals surface area contributed by atoms with Crippen molar-refractivity contribution in [3.05, 3.63) is 34.8 Å². The van der Waals surface area contributed by atoms with Gasteiger partial charge in [0.2, 0.25) is 0 Å². The van der Waals surface area contributed by atoms with Gasteiger partial charge in [0.05, 0.1) is 22.9 Å². The third-order valence-electron chi connectivity index (χ3n) is 1.97. The minimum atomic E-state index is -0.403. The maximum Gasteiger partial charge on any atom is 0.358 e. The molecule has 0 N–H and O–H groups in total. The predicted molar refractivity (Wildman–Crippen MR) is 58.8 cm³/mol. The molecule has 0 saturated carbocycles. The van der Waals surface area contributed by atoms with E-state index in [1.54, 1.807) is 19.3 Å². The van der Waals surface area contributed by atoms with Gasteiger partial charge in [-0.25, -0.2) is 9.78 Å². The molecule has 78 valence electrons. The monoisotopic (exact) mass is 268 g/mol. The van der Waals surface area contributed by atoms with Crippen LogP contribution in [0.25, 0.3) is 5.52 Å². The molecule has 0 aliphatic heterocycles. The Balaban J connectivity index is 2.45. The molecular formula is C10H9BrN2O2. The number of aromatic nitrogens is 2. The quantitative estimate of drug-likeness (QED) is 0.785. The first-order valence-corrected chi connectivity index (χ1v) is 5.31. The number of hydrogen-bond acceptors (Lipinski definition) is 3. The highest BCUT2D eigenvalue weighted by Crippen LogP contribution is 2.15. The molecule has 4 nitrogen and oxygen atoms in total. The lowest BCUT2D eigenvalue weighted by Gasteiger charge is -2.02. The Kier molecular flexibility index (Phi) is 2.73. The van der Waals surface area contributed by atoms with Crippen LogP contribution in [0.3, 0.4) is 0 Å². The van der Waals surface area contributed by atoms with Crippen LogP contribution in [0.5, 0.6) is 0 Å². The van der Waals surface area contributed by atoms with Crippen molar-refractivity contribution in [1.82, 2.24) is 9.38 Å². The molecule has 0 spiro atoms. The molecule has 2 aromatic rings. The standard InChI is InChI=1S/C10H9BrN2O2/c1-2-15-10(14)8-6-13-7(5-12-8)3-4-9(13)11/h3-6H,2H2,1H3. The third kappa shape index (κ3) is 1.87. The van der Waals surface area contributed by atoms with Crippen molar-refractivity contribution in [3.8, 4) is 0 Å². The van der Waals surface area contributed by atoms with Gasteiger partial charge in [-0.1, -0.05) is 0 Å².